The summed E-state index contributed by atoms with van der Waals surface area (Å²) in [4.78, 5) is 0. The molecule has 0 fully saturated rings. The molecule has 0 aliphatic rings. The first kappa shape index (κ1) is 20.8. The van der Waals surface area contributed by atoms with Gasteiger partial charge in [-0.3, -0.25) is 0 Å². The average Bonchev–Trinajstić information content (AvgIpc) is 2.35. The third-order valence-corrected chi connectivity index (χ3v) is 2.78. The van der Waals surface area contributed by atoms with Gasteiger partial charge in [-0.25, -0.2) is 0 Å². The van der Waals surface area contributed by atoms with Gasteiger partial charge in [-0.15, -0.1) is 0 Å². The highest BCUT2D eigenvalue weighted by molar-refractivity contribution is 6.30. The van der Waals surface area contributed by atoms with Crippen LogP contribution < -0.4 is 5.32 Å². The van der Waals surface area contributed by atoms with Crippen molar-refractivity contribution in [2.24, 2.45) is 0 Å². The van der Waals surface area contributed by atoms with Gasteiger partial charge in [0, 0.05) is 17.0 Å². The van der Waals surface area contributed by atoms with E-state index in [0.717, 1.165) is 11.6 Å². The first-order valence-corrected chi connectivity index (χ1v) is 7.68. The molecule has 0 atom stereocenters. The predicted octanol–water partition coefficient (Wildman–Crippen LogP) is 5.59. The Morgan fingerprint density at radius 2 is 1.63 bits per heavy atom. The first-order chi connectivity index (χ1) is 8.88. The molecule has 0 aromatic heterocycles. The van der Waals surface area contributed by atoms with Crippen molar-refractivity contribution >= 4 is 11.6 Å². The van der Waals surface area contributed by atoms with Gasteiger partial charge in [-0.05, 0) is 37.2 Å². The lowest BCUT2D eigenvalue weighted by atomic mass is 9.82. The van der Waals surface area contributed by atoms with Crippen molar-refractivity contribution in [1.82, 2.24) is 5.32 Å². The molecule has 0 aliphatic heterocycles. The van der Waals surface area contributed by atoms with Crippen molar-refractivity contribution in [2.45, 2.75) is 60.3 Å². The van der Waals surface area contributed by atoms with Crippen LogP contribution in [0.15, 0.2) is 18.2 Å². The molecule has 0 heterocycles. The minimum Gasteiger partial charge on any atom is -0.319 e. The second kappa shape index (κ2) is 11.3. The average molecular weight is 286 g/mol. The Bertz CT molecular complexity index is 332. The fourth-order valence-electron chi connectivity index (χ4n) is 1.86. The lowest BCUT2D eigenvalue weighted by molar-refractivity contribution is 0.491. The maximum Gasteiger partial charge on any atom is 0.0409 e. The molecule has 1 rings (SSSR count). The van der Waals surface area contributed by atoms with Crippen LogP contribution in [-0.4, -0.2) is 13.6 Å². The normalized spacial score (nSPS) is 9.95. The second-order valence-electron chi connectivity index (χ2n) is 5.08. The Balaban J connectivity index is 0. The van der Waals surface area contributed by atoms with Gasteiger partial charge in [-0.1, -0.05) is 65.6 Å². The maximum absolute atomic E-state index is 6.00. The van der Waals surface area contributed by atoms with Crippen LogP contribution >= 0.6 is 11.6 Å². The van der Waals surface area contributed by atoms with E-state index in [-0.39, 0.29) is 5.41 Å². The minimum absolute atomic E-state index is 0.129. The second-order valence-corrected chi connectivity index (χ2v) is 5.52. The molecule has 0 saturated heterocycles. The van der Waals surface area contributed by atoms with Gasteiger partial charge in [0.2, 0.25) is 0 Å². The summed E-state index contributed by atoms with van der Waals surface area (Å²) in [5, 5.41) is 4.02. The summed E-state index contributed by atoms with van der Waals surface area (Å²) in [7, 11) is 1.97. The number of halogens is 1. The molecule has 1 aromatic carbocycles. The largest absolute Gasteiger partial charge is 0.319 e. The van der Waals surface area contributed by atoms with E-state index in [1.54, 1.807) is 0 Å². The van der Waals surface area contributed by atoms with Gasteiger partial charge in [0.15, 0.2) is 0 Å². The molecule has 0 amide bonds. The lowest BCUT2D eigenvalue weighted by Gasteiger charge is -2.27. The van der Waals surface area contributed by atoms with Gasteiger partial charge < -0.3 is 5.32 Å². The fourth-order valence-corrected chi connectivity index (χ4v) is 2.03. The van der Waals surface area contributed by atoms with Gasteiger partial charge in [0.05, 0.1) is 0 Å². The Kier molecular flexibility index (Phi) is 12.4. The Morgan fingerprint density at radius 3 is 2.05 bits per heavy atom. The van der Waals surface area contributed by atoms with Crippen molar-refractivity contribution in [1.29, 1.82) is 0 Å². The molecule has 0 radical (unpaired) electrons. The molecular weight excluding hydrogens is 254 g/mol. The van der Waals surface area contributed by atoms with Gasteiger partial charge >= 0.3 is 0 Å². The van der Waals surface area contributed by atoms with E-state index in [2.05, 4.69) is 52.1 Å². The van der Waals surface area contributed by atoms with E-state index < -0.39 is 0 Å². The third kappa shape index (κ3) is 8.28. The number of benzene rings is 1. The number of aryl methyl sites for hydroxylation is 1. The Morgan fingerprint density at radius 1 is 1.16 bits per heavy atom. The standard InChI is InChI=1S/C12H18ClN.C3H8.C2H6/c1-9-5-6-10(13)7-11(9)12(2,3)8-14-4;1-3-2;1-2/h5-7,14H,8H2,1-4H3;3H2,1-2H3;1-2H3. The van der Waals surface area contributed by atoms with Crippen LogP contribution in [0.5, 0.6) is 0 Å². The summed E-state index contributed by atoms with van der Waals surface area (Å²) in [5.74, 6) is 0. The summed E-state index contributed by atoms with van der Waals surface area (Å²) in [6, 6.07) is 6.08. The van der Waals surface area contributed by atoms with Crippen molar-refractivity contribution in [3.63, 3.8) is 0 Å². The number of rotatable bonds is 3. The summed E-state index contributed by atoms with van der Waals surface area (Å²) in [6.45, 7) is 15.8. The van der Waals surface area contributed by atoms with E-state index in [0.29, 0.717) is 0 Å². The SMILES string of the molecule is CC.CCC.CNCC(C)(C)c1cc(Cl)ccc1C. The number of nitrogens with one attached hydrogen (secondary N) is 1. The molecule has 112 valence electrons. The molecule has 0 saturated carbocycles. The van der Waals surface area contributed by atoms with Crippen LogP contribution in [0.1, 0.15) is 59.1 Å². The van der Waals surface area contributed by atoms with Gasteiger partial charge in [0.1, 0.15) is 0 Å². The van der Waals surface area contributed by atoms with Crippen molar-refractivity contribution in [3.05, 3.63) is 34.3 Å². The van der Waals surface area contributed by atoms with Crippen molar-refractivity contribution < 1.29 is 0 Å². The summed E-state index contributed by atoms with van der Waals surface area (Å²) in [5.41, 5.74) is 2.75. The molecule has 0 spiro atoms. The van der Waals surface area contributed by atoms with E-state index in [9.17, 15) is 0 Å². The molecule has 19 heavy (non-hydrogen) atoms. The van der Waals surface area contributed by atoms with Gasteiger partial charge in [0.25, 0.3) is 0 Å². The van der Waals surface area contributed by atoms with Crippen LogP contribution in [0.3, 0.4) is 0 Å². The molecule has 0 bridgehead atoms. The molecule has 1 aromatic rings. The zero-order valence-corrected chi connectivity index (χ0v) is 14.8. The monoisotopic (exact) mass is 285 g/mol. The number of hydrogen-bond donors (Lipinski definition) is 1. The van der Waals surface area contributed by atoms with Crippen molar-refractivity contribution in [2.75, 3.05) is 13.6 Å². The molecule has 0 aliphatic carbocycles. The van der Waals surface area contributed by atoms with E-state index in [1.807, 2.05) is 27.0 Å². The quantitative estimate of drug-likeness (QED) is 0.763. The molecule has 1 N–H and O–H groups in total. The van der Waals surface area contributed by atoms with E-state index in [1.165, 1.54) is 17.5 Å². The summed E-state index contributed by atoms with van der Waals surface area (Å²) in [6.07, 6.45) is 1.25. The lowest BCUT2D eigenvalue weighted by Crippen LogP contribution is -2.31. The Hall–Kier alpha value is -0.530. The van der Waals surface area contributed by atoms with Crippen LogP contribution in [-0.2, 0) is 5.41 Å². The molecule has 1 nitrogen and oxygen atoms in total. The smallest absolute Gasteiger partial charge is 0.0409 e. The van der Waals surface area contributed by atoms with Crippen LogP contribution in [0.2, 0.25) is 5.02 Å². The van der Waals surface area contributed by atoms with Crippen LogP contribution in [0, 0.1) is 6.92 Å². The van der Waals surface area contributed by atoms with E-state index in [4.69, 9.17) is 11.6 Å². The summed E-state index contributed by atoms with van der Waals surface area (Å²) >= 11 is 6.00. The molecule has 0 unspecified atom stereocenters. The Labute approximate surface area is 125 Å². The highest BCUT2D eigenvalue weighted by atomic mass is 35.5. The van der Waals surface area contributed by atoms with Crippen molar-refractivity contribution in [3.8, 4) is 0 Å². The fraction of sp³-hybridized carbons (Fsp3) is 0.647. The maximum atomic E-state index is 6.00. The van der Waals surface area contributed by atoms with Crippen LogP contribution in [0.25, 0.3) is 0 Å². The number of likely N-dealkylation sites (N-methyl/N-ethyl adjacent to an activating group) is 1. The molecular formula is C17H32ClN. The molecule has 2 heteroatoms. The van der Waals surface area contributed by atoms with Gasteiger partial charge in [-0.2, -0.15) is 0 Å². The highest BCUT2D eigenvalue weighted by Gasteiger charge is 2.21. The minimum atomic E-state index is 0.129. The summed E-state index contributed by atoms with van der Waals surface area (Å²) < 4.78 is 0. The third-order valence-electron chi connectivity index (χ3n) is 2.55. The zero-order valence-electron chi connectivity index (χ0n) is 14.0. The number of hydrogen-bond acceptors (Lipinski definition) is 1. The topological polar surface area (TPSA) is 12.0 Å². The predicted molar refractivity (Wildman–Crippen MR) is 90.5 cm³/mol. The van der Waals surface area contributed by atoms with Crippen LogP contribution in [0.4, 0.5) is 0 Å². The zero-order chi connectivity index (χ0) is 15.5. The van der Waals surface area contributed by atoms with E-state index >= 15 is 0 Å². The highest BCUT2D eigenvalue weighted by Crippen LogP contribution is 2.28. The first-order valence-electron chi connectivity index (χ1n) is 7.30.